The van der Waals surface area contributed by atoms with Crippen LogP contribution in [0.25, 0.3) is 0 Å². The van der Waals surface area contributed by atoms with Crippen molar-refractivity contribution in [2.24, 2.45) is 5.92 Å². The van der Waals surface area contributed by atoms with Gasteiger partial charge in [-0.2, -0.15) is 0 Å². The highest BCUT2D eigenvalue weighted by Gasteiger charge is 2.10. The fourth-order valence-electron chi connectivity index (χ4n) is 2.10. The van der Waals surface area contributed by atoms with Crippen molar-refractivity contribution in [1.29, 1.82) is 0 Å². The molecule has 1 saturated carbocycles. The van der Waals surface area contributed by atoms with Gasteiger partial charge in [0, 0.05) is 0 Å². The molecule has 1 aliphatic carbocycles. The second kappa shape index (κ2) is 6.51. The van der Waals surface area contributed by atoms with Gasteiger partial charge in [0.05, 0.1) is 0 Å². The van der Waals surface area contributed by atoms with Gasteiger partial charge in [-0.1, -0.05) is 58.3 Å². The molecule has 1 aliphatic rings. The Morgan fingerprint density at radius 3 is 2.83 bits per heavy atom. The highest BCUT2D eigenvalue weighted by Crippen LogP contribution is 2.25. The molecule has 0 heterocycles. The van der Waals surface area contributed by atoms with Gasteiger partial charge in [-0.25, -0.2) is 0 Å². The molecule has 1 fully saturated rings. The standard InChI is InChI=1S/C12H23/c1-2-3-9-12-10-7-5-4-6-8-11-12/h10,12H,2-9,11H2,1H3. The zero-order valence-corrected chi connectivity index (χ0v) is 8.52. The van der Waals surface area contributed by atoms with E-state index in [4.69, 9.17) is 0 Å². The second-order valence-corrected chi connectivity index (χ2v) is 4.13. The predicted molar refractivity (Wildman–Crippen MR) is 55.0 cm³/mol. The molecule has 1 atom stereocenters. The summed E-state index contributed by atoms with van der Waals surface area (Å²) < 4.78 is 0. The summed E-state index contributed by atoms with van der Waals surface area (Å²) in [7, 11) is 0. The summed E-state index contributed by atoms with van der Waals surface area (Å²) in [5.41, 5.74) is 0. The van der Waals surface area contributed by atoms with Crippen molar-refractivity contribution in [1.82, 2.24) is 0 Å². The van der Waals surface area contributed by atoms with Gasteiger partial charge in [0.15, 0.2) is 0 Å². The Hall–Kier alpha value is 0. The Kier molecular flexibility index (Phi) is 5.47. The van der Waals surface area contributed by atoms with Gasteiger partial charge in [0.2, 0.25) is 0 Å². The lowest BCUT2D eigenvalue weighted by Crippen LogP contribution is -2.04. The quantitative estimate of drug-likeness (QED) is 0.586. The van der Waals surface area contributed by atoms with E-state index in [1.54, 1.807) is 0 Å². The molecule has 0 N–H and O–H groups in total. The van der Waals surface area contributed by atoms with E-state index in [0.29, 0.717) is 0 Å². The van der Waals surface area contributed by atoms with Crippen LogP contribution in [-0.2, 0) is 0 Å². The van der Waals surface area contributed by atoms with Gasteiger partial charge in [0.25, 0.3) is 0 Å². The lowest BCUT2D eigenvalue weighted by atomic mass is 9.88. The molecule has 0 aromatic carbocycles. The van der Waals surface area contributed by atoms with E-state index in [0.717, 1.165) is 5.92 Å². The third-order valence-electron chi connectivity index (χ3n) is 2.96. The molecule has 0 saturated heterocycles. The molecular weight excluding hydrogens is 144 g/mol. The Balaban J connectivity index is 2.11. The first kappa shape index (κ1) is 10.1. The number of hydrogen-bond donors (Lipinski definition) is 0. The highest BCUT2D eigenvalue weighted by molar-refractivity contribution is 4.78. The third kappa shape index (κ3) is 4.13. The van der Waals surface area contributed by atoms with Crippen molar-refractivity contribution >= 4 is 0 Å². The third-order valence-corrected chi connectivity index (χ3v) is 2.96. The molecule has 0 aliphatic heterocycles. The SMILES string of the molecule is CCCCC1[CH]CCCCCC1. The number of unbranched alkanes of at least 4 members (excludes halogenated alkanes) is 1. The van der Waals surface area contributed by atoms with Gasteiger partial charge < -0.3 is 0 Å². The van der Waals surface area contributed by atoms with Gasteiger partial charge in [-0.15, -0.1) is 0 Å². The van der Waals surface area contributed by atoms with Crippen LogP contribution in [-0.4, -0.2) is 0 Å². The molecule has 0 nitrogen and oxygen atoms in total. The molecule has 1 radical (unpaired) electrons. The molecule has 12 heavy (non-hydrogen) atoms. The van der Waals surface area contributed by atoms with E-state index in [2.05, 4.69) is 13.3 Å². The number of hydrogen-bond acceptors (Lipinski definition) is 0. The van der Waals surface area contributed by atoms with Crippen LogP contribution in [0.5, 0.6) is 0 Å². The van der Waals surface area contributed by atoms with E-state index in [-0.39, 0.29) is 0 Å². The van der Waals surface area contributed by atoms with Crippen LogP contribution in [0.2, 0.25) is 0 Å². The Labute approximate surface area is 77.7 Å². The van der Waals surface area contributed by atoms with Crippen molar-refractivity contribution < 1.29 is 0 Å². The number of rotatable bonds is 3. The van der Waals surface area contributed by atoms with Crippen LogP contribution >= 0.6 is 0 Å². The van der Waals surface area contributed by atoms with Crippen molar-refractivity contribution in [2.75, 3.05) is 0 Å². The lowest BCUT2D eigenvalue weighted by molar-refractivity contribution is 0.421. The Morgan fingerprint density at radius 2 is 2.00 bits per heavy atom. The zero-order valence-electron chi connectivity index (χ0n) is 8.52. The van der Waals surface area contributed by atoms with E-state index < -0.39 is 0 Å². The first-order valence-corrected chi connectivity index (χ1v) is 5.77. The molecule has 0 bridgehead atoms. The van der Waals surface area contributed by atoms with Gasteiger partial charge in [-0.05, 0) is 18.8 Å². The van der Waals surface area contributed by atoms with Crippen molar-refractivity contribution in [3.63, 3.8) is 0 Å². The largest absolute Gasteiger partial charge is 0.0654 e. The fourth-order valence-corrected chi connectivity index (χ4v) is 2.10. The van der Waals surface area contributed by atoms with Crippen molar-refractivity contribution in [3.8, 4) is 0 Å². The van der Waals surface area contributed by atoms with Crippen LogP contribution in [0, 0.1) is 12.3 Å². The maximum absolute atomic E-state index is 2.59. The Morgan fingerprint density at radius 1 is 1.17 bits per heavy atom. The van der Waals surface area contributed by atoms with E-state index in [1.807, 2.05) is 0 Å². The van der Waals surface area contributed by atoms with Gasteiger partial charge >= 0.3 is 0 Å². The summed E-state index contributed by atoms with van der Waals surface area (Å²) in [5, 5.41) is 0. The maximum atomic E-state index is 2.59. The summed E-state index contributed by atoms with van der Waals surface area (Å²) in [5.74, 6) is 0.963. The molecule has 0 amide bonds. The molecule has 0 spiro atoms. The molecule has 0 aromatic rings. The highest BCUT2D eigenvalue weighted by atomic mass is 14.2. The summed E-state index contributed by atoms with van der Waals surface area (Å²) >= 11 is 0. The monoisotopic (exact) mass is 167 g/mol. The zero-order chi connectivity index (χ0) is 8.65. The van der Waals surface area contributed by atoms with Crippen LogP contribution < -0.4 is 0 Å². The van der Waals surface area contributed by atoms with Crippen LogP contribution in [0.4, 0.5) is 0 Å². The minimum Gasteiger partial charge on any atom is -0.0654 e. The first-order chi connectivity index (χ1) is 5.93. The second-order valence-electron chi connectivity index (χ2n) is 4.13. The van der Waals surface area contributed by atoms with Crippen LogP contribution in [0.3, 0.4) is 0 Å². The summed E-state index contributed by atoms with van der Waals surface area (Å²) in [6, 6.07) is 0. The van der Waals surface area contributed by atoms with Gasteiger partial charge in [-0.3, -0.25) is 0 Å². The molecule has 1 rings (SSSR count). The molecular formula is C12H23. The van der Waals surface area contributed by atoms with E-state index >= 15 is 0 Å². The fraction of sp³-hybridized carbons (Fsp3) is 0.917. The maximum Gasteiger partial charge on any atom is -0.0355 e. The Bertz CT molecular complexity index is 85.5. The first-order valence-electron chi connectivity index (χ1n) is 5.77. The van der Waals surface area contributed by atoms with E-state index in [9.17, 15) is 0 Å². The topological polar surface area (TPSA) is 0 Å². The van der Waals surface area contributed by atoms with Crippen molar-refractivity contribution in [2.45, 2.75) is 64.7 Å². The van der Waals surface area contributed by atoms with Crippen LogP contribution in [0.15, 0.2) is 0 Å². The van der Waals surface area contributed by atoms with Crippen molar-refractivity contribution in [3.05, 3.63) is 6.42 Å². The molecule has 0 heteroatoms. The smallest absolute Gasteiger partial charge is 0.0355 e. The summed E-state index contributed by atoms with van der Waals surface area (Å²) in [6.07, 6.45) is 15.6. The average molecular weight is 167 g/mol. The molecule has 1 unspecified atom stereocenters. The van der Waals surface area contributed by atoms with E-state index in [1.165, 1.54) is 57.8 Å². The minimum atomic E-state index is 0.963. The molecule has 0 aromatic heterocycles. The molecule has 71 valence electrons. The summed E-state index contributed by atoms with van der Waals surface area (Å²) in [4.78, 5) is 0. The summed E-state index contributed by atoms with van der Waals surface area (Å²) in [6.45, 7) is 2.29. The normalized spacial score (nSPS) is 21.8. The predicted octanol–water partition coefficient (Wildman–Crippen LogP) is 4.35. The van der Waals surface area contributed by atoms with Gasteiger partial charge in [0.1, 0.15) is 0 Å². The van der Waals surface area contributed by atoms with Crippen LogP contribution in [0.1, 0.15) is 64.7 Å². The average Bonchev–Trinajstić information content (AvgIpc) is 2.02. The lowest BCUT2D eigenvalue weighted by Gasteiger charge is -2.18. The minimum absolute atomic E-state index is 0.963.